The lowest BCUT2D eigenvalue weighted by Gasteiger charge is -2.10. The molecule has 1 aromatic heterocycles. The molecular formula is C24H19BrClN5OS. The summed E-state index contributed by atoms with van der Waals surface area (Å²) in [7, 11) is 0. The Morgan fingerprint density at radius 1 is 1.12 bits per heavy atom. The zero-order valence-electron chi connectivity index (χ0n) is 17.6. The number of nitrogens with one attached hydrogen (secondary N) is 1. The van der Waals surface area contributed by atoms with E-state index in [-0.39, 0.29) is 11.7 Å². The third-order valence-electron chi connectivity index (χ3n) is 4.61. The van der Waals surface area contributed by atoms with E-state index >= 15 is 0 Å². The highest BCUT2D eigenvalue weighted by molar-refractivity contribution is 9.10. The highest BCUT2D eigenvalue weighted by Gasteiger charge is 2.17. The second kappa shape index (κ2) is 10.8. The van der Waals surface area contributed by atoms with E-state index in [9.17, 15) is 4.79 Å². The predicted molar refractivity (Wildman–Crippen MR) is 137 cm³/mol. The summed E-state index contributed by atoms with van der Waals surface area (Å²) in [6, 6.07) is 23.1. The zero-order valence-corrected chi connectivity index (χ0v) is 20.7. The maximum atomic E-state index is 12.4. The van der Waals surface area contributed by atoms with Gasteiger partial charge in [0.15, 0.2) is 11.0 Å². The number of aromatic nitrogens is 3. The van der Waals surface area contributed by atoms with Crippen LogP contribution in [0.1, 0.15) is 11.1 Å². The van der Waals surface area contributed by atoms with E-state index in [1.165, 1.54) is 11.8 Å². The number of halogens is 2. The molecule has 0 aliphatic heterocycles. The van der Waals surface area contributed by atoms with Gasteiger partial charge in [0.2, 0.25) is 0 Å². The molecule has 0 saturated heterocycles. The minimum Gasteiger partial charge on any atom is -0.272 e. The van der Waals surface area contributed by atoms with Crippen LogP contribution in [0.15, 0.2) is 87.5 Å². The van der Waals surface area contributed by atoms with Gasteiger partial charge in [0.05, 0.1) is 12.0 Å². The first-order chi connectivity index (χ1) is 16.0. The highest BCUT2D eigenvalue weighted by Crippen LogP contribution is 2.28. The van der Waals surface area contributed by atoms with Crippen molar-refractivity contribution in [2.24, 2.45) is 5.10 Å². The number of hydrogen-bond donors (Lipinski definition) is 1. The van der Waals surface area contributed by atoms with Crippen molar-refractivity contribution in [3.05, 3.63) is 93.4 Å². The fraction of sp³-hybridized carbons (Fsp3) is 0.0833. The van der Waals surface area contributed by atoms with E-state index in [1.54, 1.807) is 6.21 Å². The minimum absolute atomic E-state index is 0.139. The Balaban J connectivity index is 1.51. The number of aryl methyl sites for hydroxylation is 1. The standard InChI is InChI=1S/C24H19BrClN5OS/c1-16-5-11-21(12-6-16)31-23(18-7-9-20(26)10-8-18)29-30-24(31)33-15-22(32)28-27-14-17-3-2-4-19(25)13-17/h2-14H,15H2,1H3,(H,28,32)/b27-14+. The summed E-state index contributed by atoms with van der Waals surface area (Å²) in [6.07, 6.45) is 1.60. The summed E-state index contributed by atoms with van der Waals surface area (Å²) in [6.45, 7) is 2.03. The van der Waals surface area contributed by atoms with E-state index in [2.05, 4.69) is 36.7 Å². The predicted octanol–water partition coefficient (Wildman–Crippen LogP) is 5.90. The molecule has 1 N–H and O–H groups in total. The molecule has 0 fully saturated rings. The molecule has 0 radical (unpaired) electrons. The van der Waals surface area contributed by atoms with Gasteiger partial charge in [0.1, 0.15) is 0 Å². The van der Waals surface area contributed by atoms with Crippen LogP contribution in [-0.2, 0) is 4.79 Å². The monoisotopic (exact) mass is 539 g/mol. The second-order valence-corrected chi connectivity index (χ2v) is 9.42. The number of carbonyl (C=O) groups excluding carboxylic acids is 1. The van der Waals surface area contributed by atoms with Crippen molar-refractivity contribution in [1.82, 2.24) is 20.2 Å². The molecule has 0 unspecified atom stereocenters. The average Bonchev–Trinajstić information content (AvgIpc) is 3.23. The van der Waals surface area contributed by atoms with Crippen LogP contribution >= 0.6 is 39.3 Å². The Morgan fingerprint density at radius 2 is 1.88 bits per heavy atom. The molecule has 1 heterocycles. The SMILES string of the molecule is Cc1ccc(-n2c(SCC(=O)N/N=C/c3cccc(Br)c3)nnc2-c2ccc(Cl)cc2)cc1. The van der Waals surface area contributed by atoms with Crippen LogP contribution in [0.2, 0.25) is 5.02 Å². The van der Waals surface area contributed by atoms with E-state index in [1.807, 2.05) is 84.3 Å². The first-order valence-electron chi connectivity index (χ1n) is 9.98. The number of thioether (sulfide) groups is 1. The molecule has 1 amide bonds. The van der Waals surface area contributed by atoms with Crippen molar-refractivity contribution in [3.8, 4) is 17.1 Å². The van der Waals surface area contributed by atoms with Gasteiger partial charge in [0.25, 0.3) is 5.91 Å². The Morgan fingerprint density at radius 3 is 2.61 bits per heavy atom. The van der Waals surface area contributed by atoms with Gasteiger partial charge >= 0.3 is 0 Å². The molecule has 166 valence electrons. The van der Waals surface area contributed by atoms with Crippen molar-refractivity contribution in [1.29, 1.82) is 0 Å². The molecule has 0 atom stereocenters. The molecule has 0 spiro atoms. The van der Waals surface area contributed by atoms with E-state index in [0.29, 0.717) is 16.0 Å². The topological polar surface area (TPSA) is 72.2 Å². The van der Waals surface area contributed by atoms with Gasteiger partial charge in [-0.15, -0.1) is 10.2 Å². The fourth-order valence-corrected chi connectivity index (χ4v) is 4.29. The lowest BCUT2D eigenvalue weighted by molar-refractivity contribution is -0.118. The summed E-state index contributed by atoms with van der Waals surface area (Å²) in [5.41, 5.74) is 6.37. The van der Waals surface area contributed by atoms with E-state index in [0.717, 1.165) is 26.9 Å². The van der Waals surface area contributed by atoms with Crippen LogP contribution in [-0.4, -0.2) is 32.6 Å². The Labute approximate surface area is 209 Å². The van der Waals surface area contributed by atoms with E-state index in [4.69, 9.17) is 11.6 Å². The van der Waals surface area contributed by atoms with Crippen molar-refractivity contribution >= 4 is 51.4 Å². The number of hydrazone groups is 1. The van der Waals surface area contributed by atoms with Crippen molar-refractivity contribution in [2.75, 3.05) is 5.75 Å². The molecule has 9 heteroatoms. The molecule has 0 bridgehead atoms. The third-order valence-corrected chi connectivity index (χ3v) is 6.29. The number of hydrogen-bond acceptors (Lipinski definition) is 5. The van der Waals surface area contributed by atoms with Gasteiger partial charge in [0, 0.05) is 20.7 Å². The lowest BCUT2D eigenvalue weighted by Crippen LogP contribution is -2.20. The highest BCUT2D eigenvalue weighted by atomic mass is 79.9. The van der Waals surface area contributed by atoms with Gasteiger partial charge in [-0.3, -0.25) is 9.36 Å². The van der Waals surface area contributed by atoms with Gasteiger partial charge in [-0.25, -0.2) is 5.43 Å². The molecule has 3 aromatic carbocycles. The maximum Gasteiger partial charge on any atom is 0.250 e. The van der Waals surface area contributed by atoms with Crippen molar-refractivity contribution < 1.29 is 4.79 Å². The quantitative estimate of drug-likeness (QED) is 0.180. The Hall–Kier alpha value is -2.94. The number of benzene rings is 3. The molecule has 4 aromatic rings. The van der Waals surface area contributed by atoms with Crippen LogP contribution in [0.3, 0.4) is 0 Å². The molecule has 6 nitrogen and oxygen atoms in total. The molecule has 0 aliphatic rings. The van der Waals surface area contributed by atoms with Crippen molar-refractivity contribution in [3.63, 3.8) is 0 Å². The van der Waals surface area contributed by atoms with Gasteiger partial charge in [-0.05, 0) is 61.0 Å². The molecule has 33 heavy (non-hydrogen) atoms. The summed E-state index contributed by atoms with van der Waals surface area (Å²) < 4.78 is 2.88. The van der Waals surface area contributed by atoms with Gasteiger partial charge in [-0.1, -0.05) is 69.1 Å². The third kappa shape index (κ3) is 6.10. The number of nitrogens with zero attached hydrogens (tertiary/aromatic N) is 4. The first-order valence-corrected chi connectivity index (χ1v) is 12.1. The number of amides is 1. The molecular weight excluding hydrogens is 522 g/mol. The van der Waals surface area contributed by atoms with Gasteiger partial charge < -0.3 is 0 Å². The summed E-state index contributed by atoms with van der Waals surface area (Å²) in [5, 5.41) is 14.0. The minimum atomic E-state index is -0.238. The van der Waals surface area contributed by atoms with Crippen LogP contribution in [0.4, 0.5) is 0 Å². The van der Waals surface area contributed by atoms with Crippen LogP contribution < -0.4 is 5.43 Å². The summed E-state index contributed by atoms with van der Waals surface area (Å²) in [4.78, 5) is 12.4. The Bertz CT molecular complexity index is 1290. The average molecular weight is 541 g/mol. The van der Waals surface area contributed by atoms with Crippen molar-refractivity contribution in [2.45, 2.75) is 12.1 Å². The zero-order chi connectivity index (χ0) is 23.2. The molecule has 0 aliphatic carbocycles. The first kappa shape index (κ1) is 23.2. The number of carbonyl (C=O) groups is 1. The maximum absolute atomic E-state index is 12.4. The van der Waals surface area contributed by atoms with Crippen LogP contribution in [0, 0.1) is 6.92 Å². The largest absolute Gasteiger partial charge is 0.272 e. The molecule has 0 saturated carbocycles. The van der Waals surface area contributed by atoms with Gasteiger partial charge in [-0.2, -0.15) is 5.10 Å². The Kier molecular flexibility index (Phi) is 7.59. The fourth-order valence-electron chi connectivity index (χ4n) is 3.00. The number of rotatable bonds is 7. The lowest BCUT2D eigenvalue weighted by atomic mass is 10.2. The summed E-state index contributed by atoms with van der Waals surface area (Å²) in [5.74, 6) is 0.573. The van der Waals surface area contributed by atoms with Crippen LogP contribution in [0.25, 0.3) is 17.1 Å². The molecule has 4 rings (SSSR count). The van der Waals surface area contributed by atoms with E-state index < -0.39 is 0 Å². The summed E-state index contributed by atoms with van der Waals surface area (Å²) >= 11 is 10.7. The van der Waals surface area contributed by atoms with Crippen LogP contribution in [0.5, 0.6) is 0 Å². The normalized spacial score (nSPS) is 11.1. The second-order valence-electron chi connectivity index (χ2n) is 7.12. The smallest absolute Gasteiger partial charge is 0.250 e.